The van der Waals surface area contributed by atoms with Gasteiger partial charge in [-0.2, -0.15) is 0 Å². The molecule has 2 rings (SSSR count). The first-order chi connectivity index (χ1) is 11.7. The van der Waals surface area contributed by atoms with Crippen molar-refractivity contribution in [2.75, 3.05) is 5.32 Å². The van der Waals surface area contributed by atoms with E-state index in [-0.39, 0.29) is 22.9 Å². The van der Waals surface area contributed by atoms with E-state index >= 15 is 0 Å². The fourth-order valence-electron chi connectivity index (χ4n) is 1.90. The number of rotatable bonds is 6. The van der Waals surface area contributed by atoms with Gasteiger partial charge in [-0.1, -0.05) is 0 Å². The molecular weight excluding hydrogens is 333 g/mol. The number of halogens is 1. The quantitative estimate of drug-likeness (QED) is 0.586. The van der Waals surface area contributed by atoms with E-state index in [0.717, 1.165) is 12.1 Å². The van der Waals surface area contributed by atoms with Crippen LogP contribution in [0.1, 0.15) is 27.8 Å². The van der Waals surface area contributed by atoms with Crippen molar-refractivity contribution in [3.05, 3.63) is 41.3 Å². The van der Waals surface area contributed by atoms with Gasteiger partial charge in [-0.05, 0) is 25.1 Å². The van der Waals surface area contributed by atoms with Gasteiger partial charge in [-0.15, -0.1) is 0 Å². The molecule has 2 amide bonds. The largest absolute Gasteiger partial charge is 0.478 e. The maximum atomic E-state index is 13.5. The number of aromatic nitrogens is 2. The van der Waals surface area contributed by atoms with E-state index in [9.17, 15) is 18.8 Å². The minimum absolute atomic E-state index is 0.0713. The Hall–Kier alpha value is -3.56. The molecule has 1 aromatic carbocycles. The number of primary amides is 2. The molecule has 1 aromatic heterocycles. The number of aromatic carboxylic acids is 1. The van der Waals surface area contributed by atoms with Crippen LogP contribution in [0.4, 0.5) is 10.2 Å². The van der Waals surface area contributed by atoms with Crippen LogP contribution in [0.5, 0.6) is 0 Å². The van der Waals surface area contributed by atoms with E-state index in [1.807, 2.05) is 0 Å². The van der Waals surface area contributed by atoms with Crippen LogP contribution in [0.15, 0.2) is 24.3 Å². The Morgan fingerprint density at radius 2 is 1.88 bits per heavy atom. The molecular formula is C15H14FN5O4. The number of hydrogen-bond acceptors (Lipinski definition) is 6. The van der Waals surface area contributed by atoms with Crippen LogP contribution in [0, 0.1) is 5.82 Å². The molecule has 1 atom stereocenters. The lowest BCUT2D eigenvalue weighted by atomic mass is 10.1. The Labute approximate surface area is 140 Å². The van der Waals surface area contributed by atoms with E-state index in [1.54, 1.807) is 0 Å². The van der Waals surface area contributed by atoms with Crippen LogP contribution >= 0.6 is 0 Å². The number of carboxylic acids is 1. The van der Waals surface area contributed by atoms with Crippen molar-refractivity contribution in [1.29, 1.82) is 0 Å². The summed E-state index contributed by atoms with van der Waals surface area (Å²) in [6, 6.07) is 3.64. The lowest BCUT2D eigenvalue weighted by molar-refractivity contribution is -0.118. The second kappa shape index (κ2) is 6.91. The molecule has 0 fully saturated rings. The highest BCUT2D eigenvalue weighted by Crippen LogP contribution is 2.21. The van der Waals surface area contributed by atoms with E-state index < -0.39 is 35.2 Å². The summed E-state index contributed by atoms with van der Waals surface area (Å²) in [5.74, 6) is -3.91. The van der Waals surface area contributed by atoms with Crippen LogP contribution in [-0.4, -0.2) is 38.9 Å². The Balaban J connectivity index is 2.55. The predicted molar refractivity (Wildman–Crippen MR) is 85.2 cm³/mol. The average Bonchev–Trinajstić information content (AvgIpc) is 2.54. The number of benzene rings is 1. The van der Waals surface area contributed by atoms with E-state index in [0.29, 0.717) is 0 Å². The van der Waals surface area contributed by atoms with Gasteiger partial charge in [0, 0.05) is 11.6 Å². The fourth-order valence-corrected chi connectivity index (χ4v) is 1.90. The van der Waals surface area contributed by atoms with Gasteiger partial charge in [-0.3, -0.25) is 9.59 Å². The Morgan fingerprint density at radius 3 is 2.44 bits per heavy atom. The Bertz CT molecular complexity index is 871. The number of carbonyl (C=O) groups is 3. The molecule has 0 spiro atoms. The van der Waals surface area contributed by atoms with Gasteiger partial charge in [0.2, 0.25) is 5.91 Å². The SMILES string of the molecule is CC(Nc1cc(C(N)=O)nc(-c2ccc(F)c(C(=O)O)c2)n1)C(N)=O. The number of nitrogens with two attached hydrogens (primary N) is 2. The third kappa shape index (κ3) is 4.05. The number of anilines is 1. The minimum atomic E-state index is -1.47. The lowest BCUT2D eigenvalue weighted by Gasteiger charge is -2.13. The summed E-state index contributed by atoms with van der Waals surface area (Å²) in [5, 5.41) is 11.7. The molecule has 0 radical (unpaired) electrons. The van der Waals surface area contributed by atoms with Gasteiger partial charge in [0.25, 0.3) is 5.91 Å². The van der Waals surface area contributed by atoms with Crippen LogP contribution in [0.25, 0.3) is 11.4 Å². The first-order valence-electron chi connectivity index (χ1n) is 6.97. The molecule has 25 heavy (non-hydrogen) atoms. The number of nitrogens with one attached hydrogen (secondary N) is 1. The molecule has 0 aliphatic rings. The summed E-state index contributed by atoms with van der Waals surface area (Å²) in [6.45, 7) is 1.48. The fraction of sp³-hybridized carbons (Fsp3) is 0.133. The van der Waals surface area contributed by atoms with Gasteiger partial charge in [0.1, 0.15) is 23.4 Å². The number of carbonyl (C=O) groups excluding carboxylic acids is 2. The molecule has 1 heterocycles. The third-order valence-corrected chi connectivity index (χ3v) is 3.22. The Kier molecular flexibility index (Phi) is 4.92. The van der Waals surface area contributed by atoms with Crippen molar-refractivity contribution in [3.8, 4) is 11.4 Å². The smallest absolute Gasteiger partial charge is 0.338 e. The van der Waals surface area contributed by atoms with Gasteiger partial charge in [0.15, 0.2) is 5.82 Å². The number of nitrogens with zero attached hydrogens (tertiary/aromatic N) is 2. The van der Waals surface area contributed by atoms with Gasteiger partial charge in [-0.25, -0.2) is 19.2 Å². The zero-order valence-corrected chi connectivity index (χ0v) is 13.0. The molecule has 0 bridgehead atoms. The van der Waals surface area contributed by atoms with Gasteiger partial charge < -0.3 is 21.9 Å². The second-order valence-corrected chi connectivity index (χ2v) is 5.09. The Morgan fingerprint density at radius 1 is 1.20 bits per heavy atom. The van der Waals surface area contributed by atoms with Crippen molar-refractivity contribution in [2.45, 2.75) is 13.0 Å². The summed E-state index contributed by atoms with van der Waals surface area (Å²) < 4.78 is 13.5. The maximum Gasteiger partial charge on any atom is 0.338 e. The second-order valence-electron chi connectivity index (χ2n) is 5.09. The average molecular weight is 347 g/mol. The first kappa shape index (κ1) is 17.8. The molecule has 6 N–H and O–H groups in total. The zero-order chi connectivity index (χ0) is 18.7. The van der Waals surface area contributed by atoms with E-state index in [2.05, 4.69) is 15.3 Å². The molecule has 130 valence electrons. The summed E-state index contributed by atoms with van der Waals surface area (Å²) >= 11 is 0. The molecule has 1 unspecified atom stereocenters. The van der Waals surface area contributed by atoms with Gasteiger partial charge >= 0.3 is 5.97 Å². The number of carboxylic acid groups (broad SMARTS) is 1. The van der Waals surface area contributed by atoms with Crippen LogP contribution in [-0.2, 0) is 4.79 Å². The number of amides is 2. The molecule has 0 aliphatic heterocycles. The van der Waals surface area contributed by atoms with Crippen molar-refractivity contribution in [3.63, 3.8) is 0 Å². The number of hydrogen-bond donors (Lipinski definition) is 4. The molecule has 0 saturated heterocycles. The summed E-state index contributed by atoms with van der Waals surface area (Å²) in [4.78, 5) is 41.7. The van der Waals surface area contributed by atoms with Crippen LogP contribution in [0.3, 0.4) is 0 Å². The lowest BCUT2D eigenvalue weighted by Crippen LogP contribution is -2.33. The molecule has 9 nitrogen and oxygen atoms in total. The monoisotopic (exact) mass is 347 g/mol. The van der Waals surface area contributed by atoms with Crippen LogP contribution < -0.4 is 16.8 Å². The first-order valence-corrected chi connectivity index (χ1v) is 6.97. The van der Waals surface area contributed by atoms with Crippen molar-refractivity contribution in [2.24, 2.45) is 11.5 Å². The summed E-state index contributed by atoms with van der Waals surface area (Å²) in [5.41, 5.74) is 9.77. The topological polar surface area (TPSA) is 161 Å². The highest BCUT2D eigenvalue weighted by Gasteiger charge is 2.17. The standard InChI is InChI=1S/C15H14FN5O4/c1-6(12(17)22)19-11-5-10(13(18)23)20-14(21-11)7-2-3-9(16)8(4-7)15(24)25/h2-6H,1H3,(H2,17,22)(H2,18,23)(H,24,25)(H,19,20,21). The highest BCUT2D eigenvalue weighted by atomic mass is 19.1. The van der Waals surface area contributed by atoms with Crippen molar-refractivity contribution < 1.29 is 23.9 Å². The summed E-state index contributed by atoms with van der Waals surface area (Å²) in [7, 11) is 0. The third-order valence-electron chi connectivity index (χ3n) is 3.22. The molecule has 0 saturated carbocycles. The van der Waals surface area contributed by atoms with Crippen molar-refractivity contribution >= 4 is 23.6 Å². The zero-order valence-electron chi connectivity index (χ0n) is 13.0. The minimum Gasteiger partial charge on any atom is -0.478 e. The molecule has 10 heteroatoms. The highest BCUT2D eigenvalue weighted by molar-refractivity contribution is 5.93. The summed E-state index contributed by atoms with van der Waals surface area (Å²) in [6.07, 6.45) is 0. The van der Waals surface area contributed by atoms with Gasteiger partial charge in [0.05, 0.1) is 5.56 Å². The maximum absolute atomic E-state index is 13.5. The van der Waals surface area contributed by atoms with Crippen LogP contribution in [0.2, 0.25) is 0 Å². The van der Waals surface area contributed by atoms with E-state index in [1.165, 1.54) is 19.1 Å². The molecule has 0 aliphatic carbocycles. The molecule has 2 aromatic rings. The van der Waals surface area contributed by atoms with Crippen molar-refractivity contribution in [1.82, 2.24) is 9.97 Å². The van der Waals surface area contributed by atoms with E-state index in [4.69, 9.17) is 16.6 Å². The normalized spacial score (nSPS) is 11.6. The predicted octanol–water partition coefficient (Wildman–Crippen LogP) is 0.365.